The summed E-state index contributed by atoms with van der Waals surface area (Å²) in [6, 6.07) is 6.56. The number of aliphatic hydroxyl groups is 1. The Hall–Kier alpha value is -2.07. The van der Waals surface area contributed by atoms with Gasteiger partial charge in [0.05, 0.1) is 13.2 Å². The summed E-state index contributed by atoms with van der Waals surface area (Å²) < 4.78 is 5.91. The molecule has 5 unspecified atom stereocenters. The highest BCUT2D eigenvalue weighted by molar-refractivity contribution is 5.93. The summed E-state index contributed by atoms with van der Waals surface area (Å²) in [4.78, 5) is 14.3. The molecule has 0 aliphatic heterocycles. The Kier molecular flexibility index (Phi) is 5.04. The van der Waals surface area contributed by atoms with Crippen molar-refractivity contribution in [3.05, 3.63) is 46.6 Å². The molecule has 4 aliphatic rings. The van der Waals surface area contributed by atoms with Gasteiger partial charge in [0.15, 0.2) is 5.78 Å². The van der Waals surface area contributed by atoms with Gasteiger partial charge in [-0.2, -0.15) is 0 Å². The fraction of sp³-hybridized carbons (Fsp3) is 0.593. The minimum atomic E-state index is -0.233. The summed E-state index contributed by atoms with van der Waals surface area (Å²) in [7, 11) is 5.86. The van der Waals surface area contributed by atoms with Gasteiger partial charge in [-0.1, -0.05) is 18.6 Å². The van der Waals surface area contributed by atoms with Crippen LogP contribution < -0.4 is 9.64 Å². The number of ether oxygens (including phenoxy) is 1. The Labute approximate surface area is 186 Å². The van der Waals surface area contributed by atoms with Crippen molar-refractivity contribution in [1.29, 1.82) is 0 Å². The smallest absolute Gasteiger partial charge is 0.156 e. The molecule has 0 bridgehead atoms. The van der Waals surface area contributed by atoms with E-state index in [9.17, 15) is 9.90 Å². The van der Waals surface area contributed by atoms with Crippen LogP contribution in [-0.2, 0) is 4.79 Å². The third-order valence-electron chi connectivity index (χ3n) is 8.79. The third kappa shape index (κ3) is 3.17. The van der Waals surface area contributed by atoms with E-state index in [1.807, 2.05) is 20.2 Å². The number of rotatable bonds is 3. The van der Waals surface area contributed by atoms with Gasteiger partial charge < -0.3 is 14.7 Å². The van der Waals surface area contributed by atoms with E-state index in [4.69, 9.17) is 4.74 Å². The second-order valence-corrected chi connectivity index (χ2v) is 10.5. The molecular formula is C27H35NO3. The zero-order valence-corrected chi connectivity index (χ0v) is 19.3. The number of carbonyl (C=O) groups is 1. The Balaban J connectivity index is 1.69. The van der Waals surface area contributed by atoms with Crippen molar-refractivity contribution in [1.82, 2.24) is 0 Å². The second kappa shape index (κ2) is 7.51. The molecule has 31 heavy (non-hydrogen) atoms. The number of aliphatic hydroxyl groups excluding tert-OH is 1. The van der Waals surface area contributed by atoms with Crippen LogP contribution in [-0.4, -0.2) is 38.2 Å². The van der Waals surface area contributed by atoms with Crippen molar-refractivity contribution in [2.24, 2.45) is 17.3 Å². The van der Waals surface area contributed by atoms with Gasteiger partial charge in [0.25, 0.3) is 0 Å². The number of nitrogens with zero attached hydrogens (tertiary/aromatic N) is 1. The van der Waals surface area contributed by atoms with Gasteiger partial charge in [-0.05, 0) is 79.1 Å². The maximum Gasteiger partial charge on any atom is 0.156 e. The minimum Gasteiger partial charge on any atom is -0.496 e. The van der Waals surface area contributed by atoms with E-state index in [1.165, 1.54) is 16.7 Å². The first-order valence-electron chi connectivity index (χ1n) is 11.8. The number of hydrogen-bond acceptors (Lipinski definition) is 4. The summed E-state index contributed by atoms with van der Waals surface area (Å²) in [6.07, 6.45) is 8.26. The maximum absolute atomic E-state index is 12.2. The summed E-state index contributed by atoms with van der Waals surface area (Å²) >= 11 is 0. The first-order valence-corrected chi connectivity index (χ1v) is 11.8. The molecule has 4 nitrogen and oxygen atoms in total. The second-order valence-electron chi connectivity index (χ2n) is 10.5. The molecule has 1 N–H and O–H groups in total. The van der Waals surface area contributed by atoms with Crippen LogP contribution in [0, 0.1) is 17.3 Å². The molecule has 2 saturated carbocycles. The number of ketones is 1. The molecule has 0 spiro atoms. The molecule has 0 saturated heterocycles. The van der Waals surface area contributed by atoms with Crippen LogP contribution in [0.5, 0.6) is 5.75 Å². The highest BCUT2D eigenvalue weighted by Crippen LogP contribution is 2.64. The molecule has 0 aromatic heterocycles. The molecular weight excluding hydrogens is 386 g/mol. The number of fused-ring (bicyclic) bond motifs is 4. The molecule has 0 heterocycles. The van der Waals surface area contributed by atoms with Crippen molar-refractivity contribution in [3.8, 4) is 5.75 Å². The molecule has 1 aromatic carbocycles. The van der Waals surface area contributed by atoms with Crippen LogP contribution >= 0.6 is 0 Å². The van der Waals surface area contributed by atoms with Crippen molar-refractivity contribution in [3.63, 3.8) is 0 Å². The summed E-state index contributed by atoms with van der Waals surface area (Å²) in [6.45, 7) is 2.32. The topological polar surface area (TPSA) is 49.8 Å². The Bertz CT molecular complexity index is 975. The van der Waals surface area contributed by atoms with Crippen LogP contribution in [0.3, 0.4) is 0 Å². The number of carbonyl (C=O) groups excluding carboxylic acids is 1. The number of benzene rings is 1. The predicted molar refractivity (Wildman–Crippen MR) is 124 cm³/mol. The third-order valence-corrected chi connectivity index (χ3v) is 8.79. The minimum absolute atomic E-state index is 0.0592. The fourth-order valence-electron chi connectivity index (χ4n) is 7.18. The number of anilines is 1. The van der Waals surface area contributed by atoms with E-state index in [0.717, 1.165) is 50.0 Å². The van der Waals surface area contributed by atoms with Gasteiger partial charge in [-0.3, -0.25) is 4.79 Å². The molecule has 5 rings (SSSR count). The average molecular weight is 422 g/mol. The van der Waals surface area contributed by atoms with Gasteiger partial charge in [-0.25, -0.2) is 0 Å². The van der Waals surface area contributed by atoms with Gasteiger partial charge >= 0.3 is 0 Å². The zero-order chi connectivity index (χ0) is 21.9. The summed E-state index contributed by atoms with van der Waals surface area (Å²) in [5.74, 6) is 2.48. The lowest BCUT2D eigenvalue weighted by atomic mass is 9.53. The van der Waals surface area contributed by atoms with Gasteiger partial charge in [0, 0.05) is 43.8 Å². The quantitative estimate of drug-likeness (QED) is 0.744. The number of allylic oxidation sites excluding steroid dienone is 4. The van der Waals surface area contributed by atoms with E-state index in [-0.39, 0.29) is 23.2 Å². The molecule has 0 amide bonds. The number of hydrogen-bond donors (Lipinski definition) is 1. The highest BCUT2D eigenvalue weighted by atomic mass is 16.5. The zero-order valence-electron chi connectivity index (χ0n) is 19.3. The standard InChI is InChI=1S/C27H35NO3/c1-27-15-22(20-9-6-17(28(2)3)14-24(20)31-4)26-19-10-7-18(29)13-16(19)5-8-21(26)23(27)11-12-25(27)30/h6,9,13-14,21-23,25,30H,5,7-8,10-12,15H2,1-4H3. The molecule has 1 aromatic rings. The molecule has 5 atom stereocenters. The largest absolute Gasteiger partial charge is 0.496 e. The van der Waals surface area contributed by atoms with Crippen LogP contribution in [0.25, 0.3) is 0 Å². The SMILES string of the molecule is COc1cc(N(C)C)ccc1C1CC2(C)C(O)CCC2C2CCC3=CC(=O)CCC3=C12. The Morgan fingerprint density at radius 3 is 2.68 bits per heavy atom. The van der Waals surface area contributed by atoms with Crippen molar-refractivity contribution < 1.29 is 14.6 Å². The lowest BCUT2D eigenvalue weighted by Crippen LogP contribution is -2.45. The van der Waals surface area contributed by atoms with Crippen molar-refractivity contribution in [2.75, 3.05) is 26.1 Å². The lowest BCUT2D eigenvalue weighted by molar-refractivity contribution is -0.114. The first-order chi connectivity index (χ1) is 14.8. The number of methoxy groups -OCH3 is 1. The highest BCUT2D eigenvalue weighted by Gasteiger charge is 2.56. The average Bonchev–Trinajstić information content (AvgIpc) is 3.06. The molecule has 0 radical (unpaired) electrons. The molecule has 4 heteroatoms. The first kappa shape index (κ1) is 20.8. The van der Waals surface area contributed by atoms with E-state index in [1.54, 1.807) is 12.7 Å². The van der Waals surface area contributed by atoms with Crippen molar-refractivity contribution in [2.45, 2.75) is 63.9 Å². The Morgan fingerprint density at radius 1 is 1.13 bits per heavy atom. The summed E-state index contributed by atoms with van der Waals surface area (Å²) in [5, 5.41) is 11.0. The van der Waals surface area contributed by atoms with Crippen molar-refractivity contribution >= 4 is 11.5 Å². The van der Waals surface area contributed by atoms with Crippen LogP contribution in [0.15, 0.2) is 41.0 Å². The fourth-order valence-corrected chi connectivity index (χ4v) is 7.18. The Morgan fingerprint density at radius 2 is 1.94 bits per heavy atom. The predicted octanol–water partition coefficient (Wildman–Crippen LogP) is 5.02. The van der Waals surface area contributed by atoms with Gasteiger partial charge in [-0.15, -0.1) is 0 Å². The normalized spacial score (nSPS) is 34.6. The van der Waals surface area contributed by atoms with Crippen LogP contribution in [0.1, 0.15) is 63.4 Å². The molecule has 4 aliphatic carbocycles. The van der Waals surface area contributed by atoms with E-state index in [0.29, 0.717) is 18.3 Å². The lowest BCUT2D eigenvalue weighted by Gasteiger charge is -2.52. The maximum atomic E-state index is 12.2. The van der Waals surface area contributed by atoms with Gasteiger partial charge in [0.2, 0.25) is 0 Å². The van der Waals surface area contributed by atoms with E-state index < -0.39 is 0 Å². The monoisotopic (exact) mass is 421 g/mol. The van der Waals surface area contributed by atoms with E-state index in [2.05, 4.69) is 30.0 Å². The molecule has 166 valence electrons. The van der Waals surface area contributed by atoms with Gasteiger partial charge in [0.1, 0.15) is 5.75 Å². The molecule has 2 fully saturated rings. The van der Waals surface area contributed by atoms with Crippen LogP contribution in [0.2, 0.25) is 0 Å². The summed E-state index contributed by atoms with van der Waals surface area (Å²) in [5.41, 5.74) is 6.58. The van der Waals surface area contributed by atoms with E-state index >= 15 is 0 Å². The van der Waals surface area contributed by atoms with Crippen LogP contribution in [0.4, 0.5) is 5.69 Å².